The fourth-order valence-electron chi connectivity index (χ4n) is 2.51. The minimum atomic E-state index is -0.816. The third kappa shape index (κ3) is 3.87. The number of likely N-dealkylation sites (tertiary alicyclic amines) is 1. The van der Waals surface area contributed by atoms with Crippen LogP contribution in [-0.2, 0) is 9.59 Å². The lowest BCUT2D eigenvalue weighted by molar-refractivity contribution is -0.142. The molecule has 1 aromatic rings. The molecule has 0 aromatic heterocycles. The van der Waals surface area contributed by atoms with Gasteiger partial charge in [0.25, 0.3) is 0 Å². The Hall–Kier alpha value is -1.30. The Kier molecular flexibility index (Phi) is 5.08. The van der Waals surface area contributed by atoms with Crippen LogP contribution in [0.25, 0.3) is 0 Å². The second kappa shape index (κ2) is 6.64. The molecule has 2 rings (SSSR count). The van der Waals surface area contributed by atoms with Gasteiger partial charge in [0.2, 0.25) is 5.91 Å². The van der Waals surface area contributed by atoms with E-state index in [0.29, 0.717) is 28.8 Å². The van der Waals surface area contributed by atoms with Crippen molar-refractivity contribution in [3.05, 3.63) is 28.2 Å². The lowest BCUT2D eigenvalue weighted by Gasteiger charge is -2.15. The predicted octanol–water partition coefficient (Wildman–Crippen LogP) is 2.58. The molecule has 7 heteroatoms. The summed E-state index contributed by atoms with van der Waals surface area (Å²) in [5.41, 5.74) is 0.455. The molecule has 1 aromatic carbocycles. The van der Waals surface area contributed by atoms with Crippen molar-refractivity contribution in [1.82, 2.24) is 4.90 Å². The van der Waals surface area contributed by atoms with E-state index in [0.717, 1.165) is 0 Å². The second-order valence-corrected chi connectivity index (χ2v) is 6.05. The Morgan fingerprint density at radius 1 is 1.38 bits per heavy atom. The number of hydrogen-bond acceptors (Lipinski definition) is 3. The fraction of sp³-hybridized carbons (Fsp3) is 0.429. The number of rotatable bonds is 4. The number of nitrogens with zero attached hydrogens (tertiary/aromatic N) is 1. The molecular weight excluding hydrogens is 315 g/mol. The van der Waals surface area contributed by atoms with Crippen LogP contribution in [0.1, 0.15) is 6.92 Å². The molecular formula is C14H16Cl2N2O3. The molecule has 2 atom stereocenters. The molecule has 0 radical (unpaired) electrons. The monoisotopic (exact) mass is 330 g/mol. The van der Waals surface area contributed by atoms with Crippen molar-refractivity contribution in [2.45, 2.75) is 6.92 Å². The Morgan fingerprint density at radius 3 is 2.71 bits per heavy atom. The lowest BCUT2D eigenvalue weighted by Crippen LogP contribution is -2.32. The van der Waals surface area contributed by atoms with Crippen LogP contribution in [-0.4, -0.2) is 41.5 Å². The van der Waals surface area contributed by atoms with Crippen molar-refractivity contribution in [1.29, 1.82) is 0 Å². The molecule has 2 unspecified atom stereocenters. The van der Waals surface area contributed by atoms with Gasteiger partial charge in [-0.3, -0.25) is 14.5 Å². The van der Waals surface area contributed by atoms with Gasteiger partial charge in [-0.2, -0.15) is 0 Å². The molecule has 1 fully saturated rings. The molecule has 1 saturated heterocycles. The van der Waals surface area contributed by atoms with E-state index in [2.05, 4.69) is 5.32 Å². The third-order valence-electron chi connectivity index (χ3n) is 3.60. The van der Waals surface area contributed by atoms with Gasteiger partial charge in [-0.25, -0.2) is 0 Å². The topological polar surface area (TPSA) is 69.6 Å². The number of nitrogens with one attached hydrogen (secondary N) is 1. The maximum Gasteiger partial charge on any atom is 0.308 e. The van der Waals surface area contributed by atoms with Crippen LogP contribution < -0.4 is 5.32 Å². The molecule has 114 valence electrons. The number of carboxylic acids is 1. The number of carbonyl (C=O) groups excluding carboxylic acids is 1. The summed E-state index contributed by atoms with van der Waals surface area (Å²) in [6, 6.07) is 5.00. The van der Waals surface area contributed by atoms with Gasteiger partial charge in [0.15, 0.2) is 0 Å². The van der Waals surface area contributed by atoms with Crippen molar-refractivity contribution in [2.75, 3.05) is 25.0 Å². The number of carboxylic acid groups (broad SMARTS) is 1. The highest BCUT2D eigenvalue weighted by molar-refractivity contribution is 6.43. The van der Waals surface area contributed by atoms with E-state index >= 15 is 0 Å². The zero-order valence-corrected chi connectivity index (χ0v) is 13.0. The number of halogens is 2. The highest BCUT2D eigenvalue weighted by atomic mass is 35.5. The molecule has 21 heavy (non-hydrogen) atoms. The van der Waals surface area contributed by atoms with E-state index in [9.17, 15) is 9.59 Å². The fourth-order valence-corrected chi connectivity index (χ4v) is 2.86. The number of benzene rings is 1. The first kappa shape index (κ1) is 16.1. The van der Waals surface area contributed by atoms with Crippen molar-refractivity contribution in [2.24, 2.45) is 11.8 Å². The molecule has 0 saturated carbocycles. The number of amides is 1. The first-order valence-electron chi connectivity index (χ1n) is 6.57. The zero-order chi connectivity index (χ0) is 15.6. The van der Waals surface area contributed by atoms with Gasteiger partial charge >= 0.3 is 5.97 Å². The van der Waals surface area contributed by atoms with E-state index in [1.165, 1.54) is 0 Å². The van der Waals surface area contributed by atoms with Crippen LogP contribution >= 0.6 is 23.2 Å². The summed E-state index contributed by atoms with van der Waals surface area (Å²) in [5, 5.41) is 12.4. The molecule has 5 nitrogen and oxygen atoms in total. The summed E-state index contributed by atoms with van der Waals surface area (Å²) >= 11 is 11.9. The normalized spacial score (nSPS) is 22.2. The summed E-state index contributed by atoms with van der Waals surface area (Å²) in [6.45, 7) is 2.99. The molecule has 0 spiro atoms. The summed E-state index contributed by atoms with van der Waals surface area (Å²) < 4.78 is 0. The van der Waals surface area contributed by atoms with Gasteiger partial charge in [0.05, 0.1) is 28.2 Å². The zero-order valence-electron chi connectivity index (χ0n) is 11.5. The molecule has 0 aliphatic carbocycles. The second-order valence-electron chi connectivity index (χ2n) is 5.27. The highest BCUT2D eigenvalue weighted by Gasteiger charge is 2.35. The van der Waals surface area contributed by atoms with Crippen molar-refractivity contribution >= 4 is 40.8 Å². The van der Waals surface area contributed by atoms with Crippen LogP contribution in [0.15, 0.2) is 18.2 Å². The van der Waals surface area contributed by atoms with E-state index in [1.54, 1.807) is 18.2 Å². The molecule has 0 bridgehead atoms. The maximum absolute atomic E-state index is 12.0. The lowest BCUT2D eigenvalue weighted by atomic mass is 9.99. The molecule has 1 heterocycles. The van der Waals surface area contributed by atoms with Crippen molar-refractivity contribution < 1.29 is 14.7 Å². The number of anilines is 1. The van der Waals surface area contributed by atoms with Gasteiger partial charge in [-0.05, 0) is 18.1 Å². The summed E-state index contributed by atoms with van der Waals surface area (Å²) in [4.78, 5) is 24.9. The van der Waals surface area contributed by atoms with Crippen LogP contribution in [0, 0.1) is 11.8 Å². The number of carbonyl (C=O) groups is 2. The van der Waals surface area contributed by atoms with Gasteiger partial charge in [-0.15, -0.1) is 0 Å². The van der Waals surface area contributed by atoms with Crippen molar-refractivity contribution in [3.63, 3.8) is 0 Å². The van der Waals surface area contributed by atoms with Crippen LogP contribution in [0.2, 0.25) is 10.0 Å². The third-order valence-corrected chi connectivity index (χ3v) is 4.42. The quantitative estimate of drug-likeness (QED) is 0.890. The van der Waals surface area contributed by atoms with E-state index in [-0.39, 0.29) is 18.4 Å². The van der Waals surface area contributed by atoms with Crippen molar-refractivity contribution in [3.8, 4) is 0 Å². The largest absolute Gasteiger partial charge is 0.481 e. The van der Waals surface area contributed by atoms with Crippen LogP contribution in [0.3, 0.4) is 0 Å². The first-order valence-corrected chi connectivity index (χ1v) is 7.33. The van der Waals surface area contributed by atoms with Crippen LogP contribution in [0.5, 0.6) is 0 Å². The average Bonchev–Trinajstić information content (AvgIpc) is 2.76. The Bertz CT molecular complexity index is 565. The van der Waals surface area contributed by atoms with E-state index < -0.39 is 11.9 Å². The summed E-state index contributed by atoms with van der Waals surface area (Å²) in [7, 11) is 0. The van der Waals surface area contributed by atoms with Crippen LogP contribution in [0.4, 0.5) is 5.69 Å². The van der Waals surface area contributed by atoms with E-state index in [4.69, 9.17) is 28.3 Å². The Labute approximate surface area is 132 Å². The maximum atomic E-state index is 12.0. The number of hydrogen-bond donors (Lipinski definition) is 2. The highest BCUT2D eigenvalue weighted by Crippen LogP contribution is 2.29. The minimum absolute atomic E-state index is 0.0325. The standard InChI is InChI=1S/C14H16Cl2N2O3/c1-8-5-18(6-9(8)14(20)21)7-12(19)17-11-4-2-3-10(15)13(11)16/h2-4,8-9H,5-7H2,1H3,(H,17,19)(H,20,21). The van der Waals surface area contributed by atoms with Gasteiger partial charge in [0.1, 0.15) is 0 Å². The smallest absolute Gasteiger partial charge is 0.308 e. The molecule has 2 N–H and O–H groups in total. The Balaban J connectivity index is 1.94. The predicted molar refractivity (Wildman–Crippen MR) is 81.8 cm³/mol. The van der Waals surface area contributed by atoms with Gasteiger partial charge < -0.3 is 10.4 Å². The first-order chi connectivity index (χ1) is 9.88. The SMILES string of the molecule is CC1CN(CC(=O)Nc2cccc(Cl)c2Cl)CC1C(=O)O. The molecule has 1 aliphatic heterocycles. The molecule has 1 amide bonds. The average molecular weight is 331 g/mol. The summed E-state index contributed by atoms with van der Waals surface area (Å²) in [6.07, 6.45) is 0. The molecule has 1 aliphatic rings. The minimum Gasteiger partial charge on any atom is -0.481 e. The number of aliphatic carboxylic acids is 1. The summed E-state index contributed by atoms with van der Waals surface area (Å²) in [5.74, 6) is -1.45. The van der Waals surface area contributed by atoms with Gasteiger partial charge in [0, 0.05) is 13.1 Å². The van der Waals surface area contributed by atoms with E-state index in [1.807, 2.05) is 11.8 Å². The van der Waals surface area contributed by atoms with Gasteiger partial charge in [-0.1, -0.05) is 36.2 Å². The Morgan fingerprint density at radius 2 is 2.10 bits per heavy atom.